The molecule has 1 aromatic carbocycles. The van der Waals surface area contributed by atoms with Crippen molar-refractivity contribution in [2.75, 3.05) is 5.75 Å². The summed E-state index contributed by atoms with van der Waals surface area (Å²) in [4.78, 5) is 23.6. The zero-order valence-corrected chi connectivity index (χ0v) is 11.4. The van der Waals surface area contributed by atoms with E-state index in [0.717, 1.165) is 11.3 Å². The van der Waals surface area contributed by atoms with E-state index in [1.54, 1.807) is 12.1 Å². The van der Waals surface area contributed by atoms with Gasteiger partial charge in [0.15, 0.2) is 16.3 Å². The molecule has 0 radical (unpaired) electrons. The Morgan fingerprint density at radius 1 is 1.33 bits per heavy atom. The van der Waals surface area contributed by atoms with Gasteiger partial charge in [0.2, 0.25) is 0 Å². The fourth-order valence-corrected chi connectivity index (χ4v) is 2.47. The van der Waals surface area contributed by atoms with E-state index in [4.69, 9.17) is 4.42 Å². The summed E-state index contributed by atoms with van der Waals surface area (Å²) in [5, 5.41) is 1.03. The van der Waals surface area contributed by atoms with Crippen molar-refractivity contribution in [1.82, 2.24) is 0 Å². The molecule has 0 N–H and O–H groups in total. The molecule has 0 unspecified atom stereocenters. The van der Waals surface area contributed by atoms with Crippen LogP contribution >= 0.6 is 11.8 Å². The summed E-state index contributed by atoms with van der Waals surface area (Å²) in [6, 6.07) is 5.00. The second-order valence-corrected chi connectivity index (χ2v) is 5.38. The van der Waals surface area contributed by atoms with Gasteiger partial charge in [-0.15, -0.1) is 0 Å². The number of hydrogen-bond donors (Lipinski definition) is 0. The predicted molar refractivity (Wildman–Crippen MR) is 73.6 cm³/mol. The number of fused-ring (bicyclic) bond motifs is 1. The second-order valence-electron chi connectivity index (χ2n) is 4.11. The van der Waals surface area contributed by atoms with Crippen LogP contribution in [0.1, 0.15) is 29.8 Å². The van der Waals surface area contributed by atoms with Crippen LogP contribution in [0.3, 0.4) is 0 Å². The summed E-state index contributed by atoms with van der Waals surface area (Å²) in [6.45, 7) is 5.32. The molecule has 0 spiro atoms. The second kappa shape index (κ2) is 4.98. The molecule has 0 atom stereocenters. The SMILES string of the molecule is CCSc1cc(=O)c2cc(C)cc(C(C)=O)c2o1. The van der Waals surface area contributed by atoms with E-state index < -0.39 is 0 Å². The van der Waals surface area contributed by atoms with Gasteiger partial charge >= 0.3 is 0 Å². The Morgan fingerprint density at radius 2 is 2.06 bits per heavy atom. The predicted octanol–water partition coefficient (Wildman–Crippen LogP) is 3.42. The number of benzene rings is 1. The smallest absolute Gasteiger partial charge is 0.193 e. The molecule has 0 saturated heterocycles. The van der Waals surface area contributed by atoms with Crippen LogP contribution in [0.15, 0.2) is 32.5 Å². The highest BCUT2D eigenvalue weighted by Crippen LogP contribution is 2.24. The zero-order valence-electron chi connectivity index (χ0n) is 10.6. The van der Waals surface area contributed by atoms with Gasteiger partial charge in [-0.1, -0.05) is 18.7 Å². The lowest BCUT2D eigenvalue weighted by Gasteiger charge is -2.06. The maximum Gasteiger partial charge on any atom is 0.193 e. The molecule has 3 nitrogen and oxygen atoms in total. The quantitative estimate of drug-likeness (QED) is 0.628. The molecule has 1 aromatic heterocycles. The van der Waals surface area contributed by atoms with Crippen molar-refractivity contribution in [2.45, 2.75) is 25.9 Å². The van der Waals surface area contributed by atoms with Gasteiger partial charge in [0.25, 0.3) is 0 Å². The maximum atomic E-state index is 12.0. The minimum atomic E-state index is -0.0987. The minimum Gasteiger partial charge on any atom is -0.449 e. The molecule has 18 heavy (non-hydrogen) atoms. The molecule has 0 amide bonds. The fourth-order valence-electron chi connectivity index (χ4n) is 1.86. The Bertz CT molecular complexity index is 671. The van der Waals surface area contributed by atoms with Crippen LogP contribution in [0.5, 0.6) is 0 Å². The van der Waals surface area contributed by atoms with Crippen molar-refractivity contribution in [3.8, 4) is 0 Å². The Kier molecular flexibility index (Phi) is 3.57. The highest BCUT2D eigenvalue weighted by Gasteiger charge is 2.13. The standard InChI is InChI=1S/C14H14O3S/c1-4-18-13-7-12(16)11-6-8(2)5-10(9(3)15)14(11)17-13/h5-7H,4H2,1-3H3. The molecule has 2 rings (SSSR count). The van der Waals surface area contributed by atoms with Crippen molar-refractivity contribution in [3.63, 3.8) is 0 Å². The van der Waals surface area contributed by atoms with Crippen LogP contribution in [-0.4, -0.2) is 11.5 Å². The monoisotopic (exact) mass is 262 g/mol. The van der Waals surface area contributed by atoms with Crippen molar-refractivity contribution in [3.05, 3.63) is 39.5 Å². The van der Waals surface area contributed by atoms with Gasteiger partial charge < -0.3 is 4.42 Å². The molecular formula is C14H14O3S. The lowest BCUT2D eigenvalue weighted by molar-refractivity contribution is 0.101. The lowest BCUT2D eigenvalue weighted by Crippen LogP contribution is -2.04. The topological polar surface area (TPSA) is 47.3 Å². The van der Waals surface area contributed by atoms with Gasteiger partial charge in [-0.2, -0.15) is 0 Å². The summed E-state index contributed by atoms with van der Waals surface area (Å²) < 4.78 is 5.67. The van der Waals surface area contributed by atoms with Crippen LogP contribution < -0.4 is 5.43 Å². The summed E-state index contributed by atoms with van der Waals surface area (Å²) in [5.41, 5.74) is 1.66. The van der Waals surface area contributed by atoms with E-state index in [-0.39, 0.29) is 11.2 Å². The first kappa shape index (κ1) is 12.9. The number of rotatable bonds is 3. The van der Waals surface area contributed by atoms with Gasteiger partial charge in [0.05, 0.1) is 10.9 Å². The number of Topliss-reactive ketones (excluding diaryl/α,β-unsaturated/α-hetero) is 1. The average Bonchev–Trinajstić information content (AvgIpc) is 2.29. The Balaban J connectivity index is 2.84. The highest BCUT2D eigenvalue weighted by atomic mass is 32.2. The summed E-state index contributed by atoms with van der Waals surface area (Å²) in [6.07, 6.45) is 0. The Morgan fingerprint density at radius 3 is 2.67 bits per heavy atom. The number of carbonyl (C=O) groups excluding carboxylic acids is 1. The third-order valence-electron chi connectivity index (χ3n) is 2.62. The van der Waals surface area contributed by atoms with Gasteiger partial charge in [-0.05, 0) is 37.3 Å². The van der Waals surface area contributed by atoms with E-state index in [0.29, 0.717) is 21.6 Å². The highest BCUT2D eigenvalue weighted by molar-refractivity contribution is 7.99. The molecule has 0 bridgehead atoms. The molecular weight excluding hydrogens is 248 g/mol. The van der Waals surface area contributed by atoms with E-state index in [2.05, 4.69) is 0 Å². The number of ketones is 1. The molecule has 0 aliphatic rings. The molecule has 0 fully saturated rings. The molecule has 0 saturated carbocycles. The normalized spacial score (nSPS) is 10.8. The molecule has 1 heterocycles. The lowest BCUT2D eigenvalue weighted by atomic mass is 10.0. The molecule has 4 heteroatoms. The first-order valence-corrected chi connectivity index (χ1v) is 6.73. The first-order valence-electron chi connectivity index (χ1n) is 5.75. The van der Waals surface area contributed by atoms with Crippen molar-refractivity contribution < 1.29 is 9.21 Å². The zero-order chi connectivity index (χ0) is 13.3. The number of thioether (sulfide) groups is 1. The van der Waals surface area contributed by atoms with Crippen LogP contribution in [0.4, 0.5) is 0 Å². The first-order chi connectivity index (χ1) is 8.52. The van der Waals surface area contributed by atoms with E-state index >= 15 is 0 Å². The number of carbonyl (C=O) groups is 1. The molecule has 0 aliphatic carbocycles. The maximum absolute atomic E-state index is 12.0. The van der Waals surface area contributed by atoms with Crippen LogP contribution in [0.2, 0.25) is 0 Å². The van der Waals surface area contributed by atoms with Crippen LogP contribution in [-0.2, 0) is 0 Å². The van der Waals surface area contributed by atoms with Gasteiger partial charge in [0, 0.05) is 6.07 Å². The number of hydrogen-bond acceptors (Lipinski definition) is 4. The van der Waals surface area contributed by atoms with Gasteiger partial charge in [-0.3, -0.25) is 9.59 Å². The molecule has 2 aromatic rings. The minimum absolute atomic E-state index is 0.0921. The van der Waals surface area contributed by atoms with Crippen molar-refractivity contribution >= 4 is 28.5 Å². The summed E-state index contributed by atoms with van der Waals surface area (Å²) >= 11 is 1.45. The van der Waals surface area contributed by atoms with E-state index in [1.165, 1.54) is 24.8 Å². The molecule has 0 aliphatic heterocycles. The third-order valence-corrected chi connectivity index (χ3v) is 3.39. The average molecular weight is 262 g/mol. The van der Waals surface area contributed by atoms with E-state index in [9.17, 15) is 9.59 Å². The van der Waals surface area contributed by atoms with Crippen molar-refractivity contribution in [2.24, 2.45) is 0 Å². The summed E-state index contributed by atoms with van der Waals surface area (Å²) in [7, 11) is 0. The van der Waals surface area contributed by atoms with Crippen LogP contribution in [0, 0.1) is 6.92 Å². The Hall–Kier alpha value is -1.55. The third kappa shape index (κ3) is 2.34. The van der Waals surface area contributed by atoms with Crippen molar-refractivity contribution in [1.29, 1.82) is 0 Å². The largest absolute Gasteiger partial charge is 0.449 e. The number of aryl methyl sites for hydroxylation is 1. The van der Waals surface area contributed by atoms with Crippen LogP contribution in [0.25, 0.3) is 11.0 Å². The van der Waals surface area contributed by atoms with E-state index in [1.807, 2.05) is 13.8 Å². The summed E-state index contributed by atoms with van der Waals surface area (Å²) in [5.74, 6) is 0.723. The fraction of sp³-hybridized carbons (Fsp3) is 0.286. The Labute approximate surface area is 109 Å². The van der Waals surface area contributed by atoms with Gasteiger partial charge in [-0.25, -0.2) is 0 Å². The molecule has 94 valence electrons. The van der Waals surface area contributed by atoms with Gasteiger partial charge in [0.1, 0.15) is 5.58 Å².